The van der Waals surface area contributed by atoms with E-state index < -0.39 is 11.5 Å². The molecule has 0 radical (unpaired) electrons. The Hall–Kier alpha value is -1.90. The summed E-state index contributed by atoms with van der Waals surface area (Å²) in [6, 6.07) is 0. The molecule has 0 bridgehead atoms. The maximum atomic E-state index is 10.2. The van der Waals surface area contributed by atoms with E-state index in [4.69, 9.17) is 17.3 Å². The monoisotopic (exact) mass is 309 g/mol. The highest BCUT2D eigenvalue weighted by Crippen LogP contribution is 2.66. The Balaban J connectivity index is 1.93. The minimum absolute atomic E-state index is 0.0235. The Kier molecular flexibility index (Phi) is 2.35. The third-order valence-corrected chi connectivity index (χ3v) is 4.63. The Bertz CT molecular complexity index is 804. The summed E-state index contributed by atoms with van der Waals surface area (Å²) in [7, 11) is 0. The van der Waals surface area contributed by atoms with Crippen molar-refractivity contribution in [3.05, 3.63) is 17.4 Å². The van der Waals surface area contributed by atoms with Gasteiger partial charge in [-0.05, 0) is 18.0 Å². The summed E-state index contributed by atoms with van der Waals surface area (Å²) in [5.41, 5.74) is 6.27. The number of nitrogens with two attached hydrogens (primary N) is 1. The Morgan fingerprint density at radius 2 is 2.24 bits per heavy atom. The number of nitrogens with zero attached hydrogens (tertiary/aromatic N) is 4. The van der Waals surface area contributed by atoms with Crippen molar-refractivity contribution >= 4 is 34.3 Å². The van der Waals surface area contributed by atoms with Crippen molar-refractivity contribution in [1.29, 1.82) is 0 Å². The molecule has 3 atom stereocenters. The summed E-state index contributed by atoms with van der Waals surface area (Å²) in [5.74, 6) is -0.177. The lowest BCUT2D eigenvalue weighted by atomic mass is 10.0. The van der Waals surface area contributed by atoms with Crippen molar-refractivity contribution in [3.63, 3.8) is 0 Å². The summed E-state index contributed by atoms with van der Waals surface area (Å²) in [5, 5.41) is 29.8. The molecule has 110 valence electrons. The van der Waals surface area contributed by atoms with Crippen molar-refractivity contribution in [2.24, 2.45) is 11.3 Å². The van der Waals surface area contributed by atoms with Gasteiger partial charge in [0.1, 0.15) is 18.2 Å². The van der Waals surface area contributed by atoms with Gasteiger partial charge in [0.2, 0.25) is 5.28 Å². The second-order valence-corrected chi connectivity index (χ2v) is 5.82. The molecule has 2 aliphatic carbocycles. The third-order valence-electron chi connectivity index (χ3n) is 4.46. The van der Waals surface area contributed by atoms with Crippen molar-refractivity contribution in [1.82, 2.24) is 19.5 Å². The van der Waals surface area contributed by atoms with Crippen LogP contribution in [0.4, 0.5) is 5.82 Å². The van der Waals surface area contributed by atoms with Gasteiger partial charge < -0.3 is 21.1 Å². The zero-order valence-corrected chi connectivity index (χ0v) is 11.5. The van der Waals surface area contributed by atoms with Crippen molar-refractivity contribution in [3.8, 4) is 0 Å². The van der Waals surface area contributed by atoms with E-state index in [0.29, 0.717) is 23.3 Å². The van der Waals surface area contributed by atoms with Crippen LogP contribution in [-0.2, 0) is 0 Å². The van der Waals surface area contributed by atoms with Crippen LogP contribution in [0.3, 0.4) is 0 Å². The van der Waals surface area contributed by atoms with Crippen LogP contribution in [0.5, 0.6) is 0 Å². The smallest absolute Gasteiger partial charge is 0.226 e. The molecule has 4 rings (SSSR count). The molecule has 1 unspecified atom stereocenters. The molecule has 2 aromatic rings. The zero-order chi connectivity index (χ0) is 14.9. The number of aromatic nitrogens is 4. The number of allylic oxidation sites excluding steroid dienone is 1. The summed E-state index contributed by atoms with van der Waals surface area (Å²) < 4.78 is 1.55. The minimum atomic E-state index is -1.09. The topological polar surface area (TPSA) is 130 Å². The van der Waals surface area contributed by atoms with Gasteiger partial charge in [-0.1, -0.05) is 0 Å². The first-order valence-electron chi connectivity index (χ1n) is 6.38. The fourth-order valence-electron chi connectivity index (χ4n) is 3.21. The van der Waals surface area contributed by atoms with Gasteiger partial charge in [0, 0.05) is 11.3 Å². The summed E-state index contributed by atoms with van der Waals surface area (Å²) in [4.78, 5) is 12.0. The van der Waals surface area contributed by atoms with Crippen molar-refractivity contribution < 1.29 is 15.3 Å². The van der Waals surface area contributed by atoms with E-state index >= 15 is 0 Å². The average Bonchev–Trinajstić information content (AvgIpc) is 2.97. The van der Waals surface area contributed by atoms with Gasteiger partial charge >= 0.3 is 0 Å². The molecule has 1 saturated carbocycles. The van der Waals surface area contributed by atoms with Crippen LogP contribution in [-0.4, -0.2) is 47.5 Å². The molecule has 21 heavy (non-hydrogen) atoms. The zero-order valence-electron chi connectivity index (χ0n) is 10.7. The fraction of sp³-hybridized carbons (Fsp3) is 0.417. The van der Waals surface area contributed by atoms with Gasteiger partial charge in [-0.25, -0.2) is 4.98 Å². The molecule has 0 aliphatic heterocycles. The van der Waals surface area contributed by atoms with Crippen LogP contribution in [0.1, 0.15) is 6.42 Å². The molecule has 9 heteroatoms. The van der Waals surface area contributed by atoms with Gasteiger partial charge in [0.05, 0.1) is 12.3 Å². The van der Waals surface area contributed by atoms with Gasteiger partial charge in [-0.2, -0.15) is 9.97 Å². The van der Waals surface area contributed by atoms with E-state index in [0.717, 1.165) is 0 Å². The number of fused-ring (bicyclic) bond motifs is 2. The lowest BCUT2D eigenvalue weighted by Gasteiger charge is -2.14. The number of rotatable bonds is 2. The molecule has 0 spiro atoms. The first-order valence-corrected chi connectivity index (χ1v) is 6.76. The molecule has 2 aromatic heterocycles. The molecule has 1 fully saturated rings. The molecule has 2 heterocycles. The number of imidazole rings is 1. The highest BCUT2D eigenvalue weighted by molar-refractivity contribution is 6.28. The van der Waals surface area contributed by atoms with Gasteiger partial charge in [-0.3, -0.25) is 4.57 Å². The SMILES string of the molecule is Nc1nc(Cl)nc2c1ncn2C1=C(O)[C@H](O)[C@]2(CO)CC12. The predicted molar refractivity (Wildman–Crippen MR) is 74.2 cm³/mol. The highest BCUT2D eigenvalue weighted by Gasteiger charge is 2.67. The third kappa shape index (κ3) is 1.44. The molecular formula is C12H12ClN5O3. The standard InChI is InChI=1S/C12H12ClN5O3/c13-11-16-9(14)5-10(17-11)18(3-15-5)6-4-1-12(4,2-19)8(21)7(6)20/h3-4,8,19-21H,1-2H2,(H2,14,16,17)/t4?,8-,12-/m0/s1. The summed E-state index contributed by atoms with van der Waals surface area (Å²) in [6.07, 6.45) is 0.961. The number of halogens is 1. The maximum absolute atomic E-state index is 10.2. The normalized spacial score (nSPS) is 31.0. The molecule has 2 aliphatic rings. The van der Waals surface area contributed by atoms with E-state index in [1.165, 1.54) is 6.33 Å². The van der Waals surface area contributed by atoms with E-state index in [-0.39, 0.29) is 29.4 Å². The number of anilines is 1. The lowest BCUT2D eigenvalue weighted by Crippen LogP contribution is -2.25. The first-order chi connectivity index (χ1) is 9.99. The number of hydrogen-bond acceptors (Lipinski definition) is 7. The second kappa shape index (κ2) is 3.85. The molecule has 5 N–H and O–H groups in total. The van der Waals surface area contributed by atoms with Gasteiger partial charge in [0.15, 0.2) is 17.0 Å². The van der Waals surface area contributed by atoms with Crippen LogP contribution in [0.25, 0.3) is 16.9 Å². The van der Waals surface area contributed by atoms with Crippen LogP contribution < -0.4 is 5.73 Å². The largest absolute Gasteiger partial charge is 0.508 e. The highest BCUT2D eigenvalue weighted by atomic mass is 35.5. The number of aliphatic hydroxyl groups is 3. The van der Waals surface area contributed by atoms with Crippen LogP contribution in [0.15, 0.2) is 12.1 Å². The van der Waals surface area contributed by atoms with Crippen molar-refractivity contribution in [2.75, 3.05) is 12.3 Å². The lowest BCUT2D eigenvalue weighted by molar-refractivity contribution is 0.0524. The Morgan fingerprint density at radius 1 is 1.48 bits per heavy atom. The second-order valence-electron chi connectivity index (χ2n) is 5.49. The van der Waals surface area contributed by atoms with E-state index in [2.05, 4.69) is 15.0 Å². The average molecular weight is 310 g/mol. The Morgan fingerprint density at radius 3 is 2.90 bits per heavy atom. The molecule has 0 aromatic carbocycles. The summed E-state index contributed by atoms with van der Waals surface area (Å²) in [6.45, 7) is -0.198. The van der Waals surface area contributed by atoms with Crippen LogP contribution >= 0.6 is 11.6 Å². The maximum Gasteiger partial charge on any atom is 0.226 e. The van der Waals surface area contributed by atoms with E-state index in [9.17, 15) is 15.3 Å². The van der Waals surface area contributed by atoms with Crippen molar-refractivity contribution in [2.45, 2.75) is 12.5 Å². The predicted octanol–water partition coefficient (Wildman–Crippen LogP) is 0.162. The van der Waals surface area contributed by atoms with E-state index in [1.807, 2.05) is 0 Å². The van der Waals surface area contributed by atoms with Gasteiger partial charge in [0.25, 0.3) is 0 Å². The molecule has 0 amide bonds. The number of nitrogen functional groups attached to an aromatic ring is 1. The fourth-order valence-corrected chi connectivity index (χ4v) is 3.38. The molecular weight excluding hydrogens is 298 g/mol. The number of aliphatic hydroxyl groups excluding tert-OH is 3. The van der Waals surface area contributed by atoms with Crippen LogP contribution in [0, 0.1) is 11.3 Å². The molecule has 0 saturated heterocycles. The van der Waals surface area contributed by atoms with Gasteiger partial charge in [-0.15, -0.1) is 0 Å². The van der Waals surface area contributed by atoms with Crippen LogP contribution in [0.2, 0.25) is 5.28 Å². The van der Waals surface area contributed by atoms with E-state index in [1.54, 1.807) is 4.57 Å². The summed E-state index contributed by atoms with van der Waals surface area (Å²) >= 11 is 5.81. The quantitative estimate of drug-likeness (QED) is 0.581. The number of hydrogen-bond donors (Lipinski definition) is 4. The first kappa shape index (κ1) is 12.8. The Labute approximate surface area is 123 Å². The minimum Gasteiger partial charge on any atom is -0.508 e. The molecule has 8 nitrogen and oxygen atoms in total.